The highest BCUT2D eigenvalue weighted by Crippen LogP contribution is 2.15. The second-order valence-corrected chi connectivity index (χ2v) is 3.42. The van der Waals surface area contributed by atoms with Crippen LogP contribution in [0, 0.1) is 0 Å². The summed E-state index contributed by atoms with van der Waals surface area (Å²) in [6.07, 6.45) is 5.32. The Morgan fingerprint density at radius 1 is 1.45 bits per heavy atom. The van der Waals surface area contributed by atoms with Gasteiger partial charge < -0.3 is 5.73 Å². The van der Waals surface area contributed by atoms with Gasteiger partial charge in [-0.15, -0.1) is 0 Å². The lowest BCUT2D eigenvalue weighted by Crippen LogP contribution is -2.44. The van der Waals surface area contributed by atoms with Crippen molar-refractivity contribution in [2.75, 3.05) is 19.6 Å². The molecule has 0 aromatic carbocycles. The predicted molar refractivity (Wildman–Crippen MR) is 48.6 cm³/mol. The third-order valence-corrected chi connectivity index (χ3v) is 2.53. The van der Waals surface area contributed by atoms with E-state index in [1.807, 2.05) is 0 Å². The first-order chi connectivity index (χ1) is 5.38. The van der Waals surface area contributed by atoms with Crippen molar-refractivity contribution in [3.05, 3.63) is 0 Å². The Kier molecular flexibility index (Phi) is 3.87. The molecule has 66 valence electrons. The van der Waals surface area contributed by atoms with Crippen molar-refractivity contribution >= 4 is 0 Å². The van der Waals surface area contributed by atoms with Gasteiger partial charge in [0.25, 0.3) is 0 Å². The molecule has 1 rings (SSSR count). The van der Waals surface area contributed by atoms with Crippen LogP contribution in [0.2, 0.25) is 0 Å². The standard InChI is InChI=1S/C9H20N2/c1-2-6-11-7-4-3-5-9(11)8-10/h9H,2-8,10H2,1H3/t9-/m0/s1. The molecule has 1 fully saturated rings. The molecule has 0 spiro atoms. The third-order valence-electron chi connectivity index (χ3n) is 2.53. The maximum atomic E-state index is 5.68. The van der Waals surface area contributed by atoms with E-state index in [4.69, 9.17) is 5.73 Å². The molecule has 0 radical (unpaired) electrons. The van der Waals surface area contributed by atoms with Crippen molar-refractivity contribution < 1.29 is 0 Å². The van der Waals surface area contributed by atoms with Gasteiger partial charge >= 0.3 is 0 Å². The number of piperidine rings is 1. The molecular weight excluding hydrogens is 136 g/mol. The number of nitrogens with zero attached hydrogens (tertiary/aromatic N) is 1. The van der Waals surface area contributed by atoms with Crippen molar-refractivity contribution in [3.63, 3.8) is 0 Å². The maximum absolute atomic E-state index is 5.68. The molecule has 2 N–H and O–H groups in total. The summed E-state index contributed by atoms with van der Waals surface area (Å²) >= 11 is 0. The fraction of sp³-hybridized carbons (Fsp3) is 1.00. The second-order valence-electron chi connectivity index (χ2n) is 3.42. The lowest BCUT2D eigenvalue weighted by atomic mass is 10.0. The minimum atomic E-state index is 0.684. The molecule has 0 amide bonds. The Bertz CT molecular complexity index is 102. The Balaban J connectivity index is 2.31. The SMILES string of the molecule is CCCN1CCCC[C@H]1CN. The summed E-state index contributed by atoms with van der Waals surface area (Å²) in [4.78, 5) is 2.55. The Labute approximate surface area is 69.8 Å². The van der Waals surface area contributed by atoms with E-state index >= 15 is 0 Å². The average Bonchev–Trinajstić information content (AvgIpc) is 2.06. The average molecular weight is 156 g/mol. The van der Waals surface area contributed by atoms with E-state index in [-0.39, 0.29) is 0 Å². The summed E-state index contributed by atoms with van der Waals surface area (Å²) in [5.74, 6) is 0. The van der Waals surface area contributed by atoms with Crippen molar-refractivity contribution in [1.29, 1.82) is 0 Å². The van der Waals surface area contributed by atoms with Gasteiger partial charge in [0.2, 0.25) is 0 Å². The molecule has 0 aromatic rings. The van der Waals surface area contributed by atoms with E-state index in [2.05, 4.69) is 11.8 Å². The van der Waals surface area contributed by atoms with Crippen LogP contribution in [-0.4, -0.2) is 30.6 Å². The zero-order valence-electron chi connectivity index (χ0n) is 7.55. The Hall–Kier alpha value is -0.0800. The lowest BCUT2D eigenvalue weighted by Gasteiger charge is -2.34. The molecule has 0 aromatic heterocycles. The van der Waals surface area contributed by atoms with Crippen LogP contribution >= 0.6 is 0 Å². The molecule has 1 atom stereocenters. The highest BCUT2D eigenvalue weighted by atomic mass is 15.2. The van der Waals surface area contributed by atoms with Crippen LogP contribution in [0.25, 0.3) is 0 Å². The van der Waals surface area contributed by atoms with Crippen LogP contribution in [0.15, 0.2) is 0 Å². The van der Waals surface area contributed by atoms with Gasteiger partial charge in [-0.05, 0) is 32.4 Å². The van der Waals surface area contributed by atoms with Gasteiger partial charge in [-0.1, -0.05) is 13.3 Å². The largest absolute Gasteiger partial charge is 0.329 e. The monoisotopic (exact) mass is 156 g/mol. The van der Waals surface area contributed by atoms with Gasteiger partial charge in [-0.3, -0.25) is 4.90 Å². The summed E-state index contributed by atoms with van der Waals surface area (Å²) in [6.45, 7) is 5.60. The Morgan fingerprint density at radius 2 is 2.27 bits per heavy atom. The predicted octanol–water partition coefficient (Wildman–Crippen LogP) is 1.21. The molecule has 0 bridgehead atoms. The molecule has 1 saturated heterocycles. The van der Waals surface area contributed by atoms with Crippen LogP contribution in [0.4, 0.5) is 0 Å². The summed E-state index contributed by atoms with van der Waals surface area (Å²) in [5, 5.41) is 0. The number of nitrogens with two attached hydrogens (primary N) is 1. The first kappa shape index (κ1) is 9.01. The topological polar surface area (TPSA) is 29.3 Å². The van der Waals surface area contributed by atoms with E-state index in [9.17, 15) is 0 Å². The number of likely N-dealkylation sites (tertiary alicyclic amines) is 1. The molecule has 0 aliphatic carbocycles. The van der Waals surface area contributed by atoms with Gasteiger partial charge in [-0.25, -0.2) is 0 Å². The van der Waals surface area contributed by atoms with E-state index < -0.39 is 0 Å². The highest BCUT2D eigenvalue weighted by molar-refractivity contribution is 4.76. The minimum absolute atomic E-state index is 0.684. The van der Waals surface area contributed by atoms with E-state index in [1.54, 1.807) is 0 Å². The van der Waals surface area contributed by atoms with Gasteiger partial charge in [0, 0.05) is 12.6 Å². The fourth-order valence-corrected chi connectivity index (χ4v) is 1.91. The van der Waals surface area contributed by atoms with E-state index in [1.165, 1.54) is 38.8 Å². The van der Waals surface area contributed by atoms with Crippen molar-refractivity contribution in [2.24, 2.45) is 5.73 Å². The first-order valence-electron chi connectivity index (χ1n) is 4.82. The smallest absolute Gasteiger partial charge is 0.0218 e. The summed E-state index contributed by atoms with van der Waals surface area (Å²) in [5.41, 5.74) is 5.68. The molecule has 1 aliphatic heterocycles. The number of rotatable bonds is 3. The van der Waals surface area contributed by atoms with Crippen molar-refractivity contribution in [1.82, 2.24) is 4.90 Å². The quantitative estimate of drug-likeness (QED) is 0.665. The van der Waals surface area contributed by atoms with Gasteiger partial charge in [-0.2, -0.15) is 0 Å². The van der Waals surface area contributed by atoms with Crippen molar-refractivity contribution in [2.45, 2.75) is 38.6 Å². The number of hydrogen-bond acceptors (Lipinski definition) is 2. The zero-order valence-corrected chi connectivity index (χ0v) is 7.55. The maximum Gasteiger partial charge on any atom is 0.0218 e. The van der Waals surface area contributed by atoms with Crippen LogP contribution in [0.3, 0.4) is 0 Å². The van der Waals surface area contributed by atoms with Crippen LogP contribution in [0.5, 0.6) is 0 Å². The second kappa shape index (κ2) is 4.73. The van der Waals surface area contributed by atoms with Crippen molar-refractivity contribution in [3.8, 4) is 0 Å². The molecular formula is C9H20N2. The zero-order chi connectivity index (χ0) is 8.10. The van der Waals surface area contributed by atoms with Crippen LogP contribution < -0.4 is 5.73 Å². The van der Waals surface area contributed by atoms with Crippen LogP contribution in [-0.2, 0) is 0 Å². The minimum Gasteiger partial charge on any atom is -0.329 e. The summed E-state index contributed by atoms with van der Waals surface area (Å²) in [7, 11) is 0. The molecule has 0 saturated carbocycles. The third kappa shape index (κ3) is 2.46. The van der Waals surface area contributed by atoms with Gasteiger partial charge in [0.15, 0.2) is 0 Å². The van der Waals surface area contributed by atoms with E-state index in [0.717, 1.165) is 6.54 Å². The van der Waals surface area contributed by atoms with Gasteiger partial charge in [0.1, 0.15) is 0 Å². The molecule has 1 heterocycles. The lowest BCUT2D eigenvalue weighted by molar-refractivity contribution is 0.153. The summed E-state index contributed by atoms with van der Waals surface area (Å²) < 4.78 is 0. The molecule has 2 nitrogen and oxygen atoms in total. The first-order valence-corrected chi connectivity index (χ1v) is 4.82. The molecule has 2 heteroatoms. The summed E-state index contributed by atoms with van der Waals surface area (Å²) in [6, 6.07) is 0.684. The normalized spacial score (nSPS) is 27.3. The Morgan fingerprint density at radius 3 is 2.91 bits per heavy atom. The molecule has 1 aliphatic rings. The van der Waals surface area contributed by atoms with Crippen LogP contribution in [0.1, 0.15) is 32.6 Å². The fourth-order valence-electron chi connectivity index (χ4n) is 1.91. The molecule has 0 unspecified atom stereocenters. The van der Waals surface area contributed by atoms with Gasteiger partial charge in [0.05, 0.1) is 0 Å². The molecule has 11 heavy (non-hydrogen) atoms. The highest BCUT2D eigenvalue weighted by Gasteiger charge is 2.19. The van der Waals surface area contributed by atoms with E-state index in [0.29, 0.717) is 6.04 Å². The number of hydrogen-bond donors (Lipinski definition) is 1.